The predicted octanol–water partition coefficient (Wildman–Crippen LogP) is 2.10. The average Bonchev–Trinajstić information content (AvgIpc) is 2.97. The van der Waals surface area contributed by atoms with Gasteiger partial charge in [0, 0.05) is 19.1 Å². The van der Waals surface area contributed by atoms with Crippen LogP contribution >= 0.6 is 0 Å². The van der Waals surface area contributed by atoms with Gasteiger partial charge in [0.2, 0.25) is 0 Å². The number of nitrogens with zero attached hydrogens (tertiary/aromatic N) is 2. The van der Waals surface area contributed by atoms with E-state index in [0.29, 0.717) is 6.54 Å². The summed E-state index contributed by atoms with van der Waals surface area (Å²) in [7, 11) is 4.03. The molecule has 5 nitrogen and oxygen atoms in total. The van der Waals surface area contributed by atoms with Crippen molar-refractivity contribution in [2.75, 3.05) is 27.2 Å². The Balaban J connectivity index is 2.04. The molecule has 1 fully saturated rings. The van der Waals surface area contributed by atoms with Gasteiger partial charge in [-0.25, -0.2) is 4.79 Å². The molecule has 2 atom stereocenters. The lowest BCUT2D eigenvalue weighted by molar-refractivity contribution is 0.00935. The number of likely N-dealkylation sites (tertiary alicyclic amines) is 1. The predicted molar refractivity (Wildman–Crippen MR) is 97.0 cm³/mol. The van der Waals surface area contributed by atoms with Gasteiger partial charge in [-0.05, 0) is 52.8 Å². The van der Waals surface area contributed by atoms with Gasteiger partial charge in [-0.1, -0.05) is 30.3 Å². The van der Waals surface area contributed by atoms with Crippen LogP contribution in [0, 0.1) is 0 Å². The standard InChI is InChI=1S/C19H31N3O2/c1-19(2,24)17-11-8-12-22(17)18(23)20-16(14-21(3)4)13-15-9-6-5-7-10-15/h5-7,9-10,16-17,24H,8,11-14H2,1-4H3,(H,20,23)/t16-,17+/m1/s1. The lowest BCUT2D eigenvalue weighted by atomic mass is 9.97. The molecule has 0 aromatic heterocycles. The van der Waals surface area contributed by atoms with Crippen molar-refractivity contribution in [3.05, 3.63) is 35.9 Å². The van der Waals surface area contributed by atoms with Crippen LogP contribution in [-0.2, 0) is 6.42 Å². The van der Waals surface area contributed by atoms with E-state index in [2.05, 4.69) is 22.3 Å². The summed E-state index contributed by atoms with van der Waals surface area (Å²) in [5, 5.41) is 13.5. The fourth-order valence-electron chi connectivity index (χ4n) is 3.50. The van der Waals surface area contributed by atoms with E-state index in [0.717, 1.165) is 25.8 Å². The largest absolute Gasteiger partial charge is 0.388 e. The van der Waals surface area contributed by atoms with E-state index < -0.39 is 5.60 Å². The maximum atomic E-state index is 12.8. The third-order valence-electron chi connectivity index (χ3n) is 4.57. The average molecular weight is 333 g/mol. The number of aliphatic hydroxyl groups is 1. The smallest absolute Gasteiger partial charge is 0.318 e. The minimum atomic E-state index is -0.871. The monoisotopic (exact) mass is 333 g/mol. The molecule has 134 valence electrons. The Morgan fingerprint density at radius 2 is 2.04 bits per heavy atom. The van der Waals surface area contributed by atoms with Crippen molar-refractivity contribution in [1.29, 1.82) is 0 Å². The molecule has 2 rings (SSSR count). The van der Waals surface area contributed by atoms with Crippen LogP contribution in [0.4, 0.5) is 4.79 Å². The zero-order valence-electron chi connectivity index (χ0n) is 15.3. The van der Waals surface area contributed by atoms with Crippen molar-refractivity contribution in [2.24, 2.45) is 0 Å². The summed E-state index contributed by atoms with van der Waals surface area (Å²) >= 11 is 0. The molecule has 5 heteroatoms. The molecule has 1 aromatic rings. The first-order valence-corrected chi connectivity index (χ1v) is 8.75. The highest BCUT2D eigenvalue weighted by atomic mass is 16.3. The summed E-state index contributed by atoms with van der Waals surface area (Å²) in [5.74, 6) is 0. The van der Waals surface area contributed by atoms with Crippen molar-refractivity contribution in [2.45, 2.75) is 50.8 Å². The molecule has 1 aromatic carbocycles. The lowest BCUT2D eigenvalue weighted by Gasteiger charge is -2.35. The van der Waals surface area contributed by atoms with Crippen LogP contribution in [0.2, 0.25) is 0 Å². The summed E-state index contributed by atoms with van der Waals surface area (Å²) in [6, 6.07) is 10.1. The number of urea groups is 1. The first-order chi connectivity index (χ1) is 11.3. The zero-order valence-corrected chi connectivity index (χ0v) is 15.3. The SMILES string of the molecule is CN(C)C[C@@H](Cc1ccccc1)NC(=O)N1CCC[C@H]1C(C)(C)O. The first kappa shape index (κ1) is 18.7. The Kier molecular flexibility index (Phi) is 6.24. The van der Waals surface area contributed by atoms with E-state index in [9.17, 15) is 9.90 Å². The number of hydrogen-bond acceptors (Lipinski definition) is 3. The van der Waals surface area contributed by atoms with Crippen molar-refractivity contribution in [3.8, 4) is 0 Å². The zero-order chi connectivity index (χ0) is 17.7. The Hall–Kier alpha value is -1.59. The molecular formula is C19H31N3O2. The maximum absolute atomic E-state index is 12.8. The highest BCUT2D eigenvalue weighted by Crippen LogP contribution is 2.26. The van der Waals surface area contributed by atoms with Gasteiger partial charge in [-0.2, -0.15) is 0 Å². The molecule has 2 amide bonds. The minimum absolute atomic E-state index is 0.0398. The van der Waals surface area contributed by atoms with Gasteiger partial charge in [-0.15, -0.1) is 0 Å². The lowest BCUT2D eigenvalue weighted by Crippen LogP contribution is -2.54. The van der Waals surface area contributed by atoms with Crippen molar-refractivity contribution in [3.63, 3.8) is 0 Å². The maximum Gasteiger partial charge on any atom is 0.318 e. The molecule has 0 radical (unpaired) electrons. The molecule has 1 saturated heterocycles. The van der Waals surface area contributed by atoms with Crippen LogP contribution < -0.4 is 5.32 Å². The summed E-state index contributed by atoms with van der Waals surface area (Å²) < 4.78 is 0. The minimum Gasteiger partial charge on any atom is -0.388 e. The summed E-state index contributed by atoms with van der Waals surface area (Å²) in [5.41, 5.74) is 0.342. The Labute approximate surface area is 145 Å². The topological polar surface area (TPSA) is 55.8 Å². The molecule has 24 heavy (non-hydrogen) atoms. The van der Waals surface area contributed by atoms with E-state index in [1.807, 2.05) is 32.3 Å². The fourth-order valence-corrected chi connectivity index (χ4v) is 3.50. The normalized spacial score (nSPS) is 19.6. The number of hydrogen-bond donors (Lipinski definition) is 2. The molecule has 0 unspecified atom stereocenters. The highest BCUT2D eigenvalue weighted by Gasteiger charge is 2.38. The third kappa shape index (κ3) is 5.21. The second-order valence-electron chi connectivity index (χ2n) is 7.60. The molecular weight excluding hydrogens is 302 g/mol. The van der Waals surface area contributed by atoms with E-state index in [1.165, 1.54) is 5.56 Å². The molecule has 0 aliphatic carbocycles. The summed E-state index contributed by atoms with van der Waals surface area (Å²) in [4.78, 5) is 16.7. The molecule has 1 aliphatic heterocycles. The van der Waals surface area contributed by atoms with Gasteiger partial charge in [0.15, 0.2) is 0 Å². The van der Waals surface area contributed by atoms with Crippen LogP contribution in [0.5, 0.6) is 0 Å². The number of amides is 2. The fraction of sp³-hybridized carbons (Fsp3) is 0.632. The van der Waals surface area contributed by atoms with Gasteiger partial charge in [0.05, 0.1) is 11.6 Å². The van der Waals surface area contributed by atoms with Crippen molar-refractivity contribution in [1.82, 2.24) is 15.1 Å². The molecule has 1 heterocycles. The number of carbonyl (C=O) groups excluding carboxylic acids is 1. The van der Waals surface area contributed by atoms with Crippen molar-refractivity contribution < 1.29 is 9.90 Å². The number of nitrogens with one attached hydrogen (secondary N) is 1. The van der Waals surface area contributed by atoms with E-state index in [-0.39, 0.29) is 18.1 Å². The van der Waals surface area contributed by atoms with Gasteiger partial charge in [-0.3, -0.25) is 0 Å². The van der Waals surface area contributed by atoms with Gasteiger partial charge < -0.3 is 20.2 Å². The second-order valence-corrected chi connectivity index (χ2v) is 7.60. The van der Waals surface area contributed by atoms with Crippen LogP contribution in [0.1, 0.15) is 32.3 Å². The molecule has 1 aliphatic rings. The molecule has 0 spiro atoms. The molecule has 2 N–H and O–H groups in total. The Bertz CT molecular complexity index is 525. The molecule has 0 bridgehead atoms. The van der Waals surface area contributed by atoms with E-state index in [1.54, 1.807) is 18.7 Å². The first-order valence-electron chi connectivity index (χ1n) is 8.75. The van der Waals surface area contributed by atoms with Crippen LogP contribution in [-0.4, -0.2) is 65.8 Å². The number of rotatable bonds is 6. The number of likely N-dealkylation sites (N-methyl/N-ethyl adjacent to an activating group) is 1. The molecule has 0 saturated carbocycles. The van der Waals surface area contributed by atoms with E-state index >= 15 is 0 Å². The van der Waals surface area contributed by atoms with Crippen molar-refractivity contribution >= 4 is 6.03 Å². The third-order valence-corrected chi connectivity index (χ3v) is 4.57. The van der Waals surface area contributed by atoms with Gasteiger partial charge in [0.1, 0.15) is 0 Å². The quantitative estimate of drug-likeness (QED) is 0.838. The second kappa shape index (κ2) is 7.99. The van der Waals surface area contributed by atoms with Gasteiger partial charge in [0.25, 0.3) is 0 Å². The van der Waals surface area contributed by atoms with Crippen LogP contribution in [0.3, 0.4) is 0 Å². The summed E-state index contributed by atoms with van der Waals surface area (Å²) in [6.07, 6.45) is 2.60. The Morgan fingerprint density at radius 1 is 1.38 bits per heavy atom. The summed E-state index contributed by atoms with van der Waals surface area (Å²) in [6.45, 7) is 5.05. The van der Waals surface area contributed by atoms with Crippen LogP contribution in [0.15, 0.2) is 30.3 Å². The Morgan fingerprint density at radius 3 is 2.62 bits per heavy atom. The van der Waals surface area contributed by atoms with E-state index in [4.69, 9.17) is 0 Å². The number of carbonyl (C=O) groups is 1. The van der Waals surface area contributed by atoms with Crippen LogP contribution in [0.25, 0.3) is 0 Å². The number of benzene rings is 1. The van der Waals surface area contributed by atoms with Gasteiger partial charge >= 0.3 is 6.03 Å². The highest BCUT2D eigenvalue weighted by molar-refractivity contribution is 5.75.